The molecule has 2 aliphatic rings. The van der Waals surface area contributed by atoms with E-state index in [9.17, 15) is 0 Å². The lowest BCUT2D eigenvalue weighted by atomic mass is 9.75. The highest BCUT2D eigenvalue weighted by atomic mass is 16.6. The van der Waals surface area contributed by atoms with Crippen LogP contribution in [0.1, 0.15) is 57.3 Å². The van der Waals surface area contributed by atoms with Crippen molar-refractivity contribution in [3.8, 4) is 5.75 Å². The third kappa shape index (κ3) is 2.07. The molecule has 0 aliphatic carbocycles. The second-order valence-corrected chi connectivity index (χ2v) is 5.76. The zero-order chi connectivity index (χ0) is 13.6. The Morgan fingerprint density at radius 1 is 1.32 bits per heavy atom. The summed E-state index contributed by atoms with van der Waals surface area (Å²) in [6, 6.07) is 4.26. The van der Waals surface area contributed by atoms with Crippen LogP contribution in [0, 0.1) is 0 Å². The lowest BCUT2D eigenvalue weighted by Gasteiger charge is -2.19. The fourth-order valence-electron chi connectivity index (χ4n) is 3.01. The minimum absolute atomic E-state index is 0.0587. The molecule has 0 fully saturated rings. The van der Waals surface area contributed by atoms with Crippen LogP contribution in [0.2, 0.25) is 0 Å². The van der Waals surface area contributed by atoms with Gasteiger partial charge in [-0.3, -0.25) is 0 Å². The summed E-state index contributed by atoms with van der Waals surface area (Å²) in [5.74, 6) is 1.42. The molecule has 3 rings (SSSR count). The van der Waals surface area contributed by atoms with Crippen molar-refractivity contribution in [1.82, 2.24) is 0 Å². The van der Waals surface area contributed by atoms with Gasteiger partial charge in [-0.25, -0.2) is 0 Å². The molecule has 0 spiro atoms. The third-order valence-electron chi connectivity index (χ3n) is 3.95. The number of hydrogen-bond donors (Lipinski definition) is 0. The molecule has 4 heteroatoms. The van der Waals surface area contributed by atoms with Gasteiger partial charge in [0.1, 0.15) is 12.4 Å². The van der Waals surface area contributed by atoms with E-state index < -0.39 is 0 Å². The summed E-state index contributed by atoms with van der Waals surface area (Å²) in [4.78, 5) is 0. The van der Waals surface area contributed by atoms with E-state index in [4.69, 9.17) is 14.0 Å². The maximum Gasteiger partial charge on any atom is 0.498 e. The topological polar surface area (TPSA) is 27.7 Å². The Labute approximate surface area is 115 Å². The first-order valence-corrected chi connectivity index (χ1v) is 7.22. The molecule has 2 aliphatic heterocycles. The Kier molecular flexibility index (Phi) is 3.31. The summed E-state index contributed by atoms with van der Waals surface area (Å²) in [6.45, 7) is 9.21. The van der Waals surface area contributed by atoms with Crippen LogP contribution in [-0.4, -0.2) is 19.8 Å². The fraction of sp³-hybridized carbons (Fsp3) is 0.600. The van der Waals surface area contributed by atoms with E-state index in [0.29, 0.717) is 12.5 Å². The standard InChI is InChI=1S/C15H21BO3/c1-5-12-14-11(9(2)3)6-7-13-15(14)16(19-12)18-10(4)8-17-13/h6-7,9-10,12H,5,8H2,1-4H3/t10?,12-/m1/s1. The van der Waals surface area contributed by atoms with Gasteiger partial charge in [0, 0.05) is 5.46 Å². The molecular weight excluding hydrogens is 239 g/mol. The molecule has 1 unspecified atom stereocenters. The van der Waals surface area contributed by atoms with Gasteiger partial charge in [-0.2, -0.15) is 0 Å². The minimum atomic E-state index is -0.258. The van der Waals surface area contributed by atoms with E-state index in [2.05, 4.69) is 32.9 Å². The highest BCUT2D eigenvalue weighted by Crippen LogP contribution is 2.37. The summed E-state index contributed by atoms with van der Waals surface area (Å²) < 4.78 is 17.9. The monoisotopic (exact) mass is 260 g/mol. The smallest absolute Gasteiger partial charge is 0.491 e. The van der Waals surface area contributed by atoms with Crippen molar-refractivity contribution >= 4 is 12.6 Å². The van der Waals surface area contributed by atoms with E-state index in [1.807, 2.05) is 6.92 Å². The molecule has 2 atom stereocenters. The van der Waals surface area contributed by atoms with Gasteiger partial charge in [0.15, 0.2) is 0 Å². The van der Waals surface area contributed by atoms with Gasteiger partial charge in [0.2, 0.25) is 0 Å². The van der Waals surface area contributed by atoms with Gasteiger partial charge >= 0.3 is 7.12 Å². The van der Waals surface area contributed by atoms with Gasteiger partial charge in [-0.05, 0) is 36.5 Å². The SMILES string of the molecule is CC[C@H]1OB2OC(C)COc3ccc(C(C)C)c1c32. The van der Waals surface area contributed by atoms with Crippen molar-refractivity contribution in [1.29, 1.82) is 0 Å². The van der Waals surface area contributed by atoms with E-state index in [1.165, 1.54) is 11.1 Å². The van der Waals surface area contributed by atoms with Crippen LogP contribution in [0.25, 0.3) is 0 Å². The first-order chi connectivity index (χ1) is 9.11. The molecule has 19 heavy (non-hydrogen) atoms. The van der Waals surface area contributed by atoms with Gasteiger partial charge in [0.05, 0.1) is 12.2 Å². The Bertz CT molecular complexity index is 487. The molecule has 0 radical (unpaired) electrons. The van der Waals surface area contributed by atoms with Gasteiger partial charge in [-0.1, -0.05) is 26.8 Å². The Balaban J connectivity index is 2.16. The second kappa shape index (κ2) is 4.84. The van der Waals surface area contributed by atoms with Crippen molar-refractivity contribution < 1.29 is 14.0 Å². The summed E-state index contributed by atoms with van der Waals surface area (Å²) in [5.41, 5.74) is 3.78. The zero-order valence-electron chi connectivity index (χ0n) is 12.1. The maximum atomic E-state index is 6.10. The molecule has 102 valence electrons. The van der Waals surface area contributed by atoms with Crippen LogP contribution in [0.3, 0.4) is 0 Å². The summed E-state index contributed by atoms with van der Waals surface area (Å²) in [5, 5.41) is 0. The summed E-state index contributed by atoms with van der Waals surface area (Å²) in [7, 11) is -0.258. The molecule has 0 N–H and O–H groups in total. The van der Waals surface area contributed by atoms with Crippen LogP contribution in [0.15, 0.2) is 12.1 Å². The van der Waals surface area contributed by atoms with E-state index in [-0.39, 0.29) is 19.3 Å². The minimum Gasteiger partial charge on any atom is -0.491 e. The van der Waals surface area contributed by atoms with E-state index in [0.717, 1.165) is 17.6 Å². The quantitative estimate of drug-likeness (QED) is 0.765. The molecular formula is C15H21BO3. The number of ether oxygens (including phenoxy) is 1. The number of hydrogen-bond acceptors (Lipinski definition) is 3. The molecule has 0 saturated heterocycles. The Morgan fingerprint density at radius 2 is 2.11 bits per heavy atom. The Hall–Kier alpha value is -0.995. The van der Waals surface area contributed by atoms with Crippen molar-refractivity contribution in [2.45, 2.75) is 52.2 Å². The normalized spacial score (nSPS) is 25.2. The second-order valence-electron chi connectivity index (χ2n) is 5.76. The molecule has 0 bridgehead atoms. The lowest BCUT2D eigenvalue weighted by Crippen LogP contribution is -2.34. The summed E-state index contributed by atoms with van der Waals surface area (Å²) in [6.07, 6.45) is 1.15. The molecule has 0 amide bonds. The predicted molar refractivity (Wildman–Crippen MR) is 76.1 cm³/mol. The van der Waals surface area contributed by atoms with Crippen molar-refractivity contribution in [2.75, 3.05) is 6.61 Å². The molecule has 0 aromatic heterocycles. The molecule has 2 heterocycles. The van der Waals surface area contributed by atoms with Gasteiger partial charge in [-0.15, -0.1) is 0 Å². The zero-order valence-corrected chi connectivity index (χ0v) is 12.1. The highest BCUT2D eigenvalue weighted by Gasteiger charge is 2.43. The summed E-state index contributed by atoms with van der Waals surface area (Å²) >= 11 is 0. The first kappa shape index (κ1) is 13.0. The highest BCUT2D eigenvalue weighted by molar-refractivity contribution is 6.64. The largest absolute Gasteiger partial charge is 0.498 e. The van der Waals surface area contributed by atoms with Crippen molar-refractivity contribution in [3.05, 3.63) is 23.3 Å². The fourth-order valence-corrected chi connectivity index (χ4v) is 3.01. The maximum absolute atomic E-state index is 6.10. The predicted octanol–water partition coefficient (Wildman–Crippen LogP) is 2.78. The number of benzene rings is 1. The van der Waals surface area contributed by atoms with Crippen LogP contribution in [0.4, 0.5) is 0 Å². The van der Waals surface area contributed by atoms with Crippen LogP contribution in [0.5, 0.6) is 5.75 Å². The van der Waals surface area contributed by atoms with Gasteiger partial charge < -0.3 is 14.0 Å². The number of rotatable bonds is 2. The molecule has 1 aromatic rings. The van der Waals surface area contributed by atoms with E-state index in [1.54, 1.807) is 0 Å². The average Bonchev–Trinajstić information content (AvgIpc) is 2.66. The molecule has 3 nitrogen and oxygen atoms in total. The Morgan fingerprint density at radius 3 is 2.79 bits per heavy atom. The third-order valence-corrected chi connectivity index (χ3v) is 3.95. The molecule has 1 aromatic carbocycles. The van der Waals surface area contributed by atoms with E-state index >= 15 is 0 Å². The van der Waals surface area contributed by atoms with Gasteiger partial charge in [0.25, 0.3) is 0 Å². The molecule has 0 saturated carbocycles. The van der Waals surface area contributed by atoms with Crippen molar-refractivity contribution in [3.63, 3.8) is 0 Å². The van der Waals surface area contributed by atoms with Crippen LogP contribution in [-0.2, 0) is 9.31 Å². The average molecular weight is 260 g/mol. The lowest BCUT2D eigenvalue weighted by molar-refractivity contribution is 0.0975. The first-order valence-electron chi connectivity index (χ1n) is 7.22. The van der Waals surface area contributed by atoms with Crippen molar-refractivity contribution in [2.24, 2.45) is 0 Å². The van der Waals surface area contributed by atoms with Crippen LogP contribution >= 0.6 is 0 Å². The van der Waals surface area contributed by atoms with Crippen LogP contribution < -0.4 is 10.2 Å².